The lowest BCUT2D eigenvalue weighted by Gasteiger charge is -2.25. The zero-order valence-electron chi connectivity index (χ0n) is 12.8. The van der Waals surface area contributed by atoms with E-state index in [0.29, 0.717) is 11.6 Å². The van der Waals surface area contributed by atoms with Gasteiger partial charge < -0.3 is 16.0 Å². The van der Waals surface area contributed by atoms with Gasteiger partial charge in [0.1, 0.15) is 6.04 Å². The minimum Gasteiger partial charge on any atom is -0.384 e. The number of amides is 1. The topological polar surface area (TPSA) is 70.2 Å². The Hall–Kier alpha value is -1.52. The number of hydrogen-bond acceptors (Lipinski definition) is 4. The number of rotatable bonds is 8. The zero-order valence-corrected chi connectivity index (χ0v) is 12.8. The summed E-state index contributed by atoms with van der Waals surface area (Å²) < 4.78 is 0. The maximum absolute atomic E-state index is 11.9. The van der Waals surface area contributed by atoms with E-state index in [2.05, 4.69) is 29.8 Å². The van der Waals surface area contributed by atoms with Crippen molar-refractivity contribution in [1.82, 2.24) is 16.0 Å². The Labute approximate surface area is 116 Å². The highest BCUT2D eigenvalue weighted by atomic mass is 16.2. The Balaban J connectivity index is 5.22. The van der Waals surface area contributed by atoms with Crippen LogP contribution in [0.3, 0.4) is 0 Å². The molecule has 5 nitrogen and oxygen atoms in total. The van der Waals surface area contributed by atoms with Crippen molar-refractivity contribution in [3.8, 4) is 0 Å². The second-order valence-corrected chi connectivity index (χ2v) is 5.34. The third-order valence-corrected chi connectivity index (χ3v) is 2.85. The van der Waals surface area contributed by atoms with Crippen LogP contribution in [0.15, 0.2) is 11.4 Å². The fourth-order valence-electron chi connectivity index (χ4n) is 1.81. The van der Waals surface area contributed by atoms with Crippen LogP contribution in [0.25, 0.3) is 0 Å². The number of allylic oxidation sites excluding steroid dienone is 2. The lowest BCUT2D eigenvalue weighted by molar-refractivity contribution is -0.123. The average Bonchev–Trinajstić information content (AvgIpc) is 2.34. The van der Waals surface area contributed by atoms with Crippen LogP contribution < -0.4 is 16.0 Å². The van der Waals surface area contributed by atoms with E-state index in [0.717, 1.165) is 18.4 Å². The Morgan fingerprint density at radius 2 is 1.68 bits per heavy atom. The summed E-state index contributed by atoms with van der Waals surface area (Å²) >= 11 is 0. The Morgan fingerprint density at radius 3 is 2.00 bits per heavy atom. The summed E-state index contributed by atoms with van der Waals surface area (Å²) in [4.78, 5) is 23.0. The molecular weight excluding hydrogens is 242 g/mol. The van der Waals surface area contributed by atoms with E-state index in [-0.39, 0.29) is 17.9 Å². The van der Waals surface area contributed by atoms with Crippen molar-refractivity contribution in [2.24, 2.45) is 11.8 Å². The molecule has 0 bridgehead atoms. The van der Waals surface area contributed by atoms with Crippen molar-refractivity contribution < 1.29 is 9.59 Å². The predicted molar refractivity (Wildman–Crippen MR) is 77.4 cm³/mol. The van der Waals surface area contributed by atoms with Gasteiger partial charge in [0, 0.05) is 19.8 Å². The normalized spacial score (nSPS) is 13.9. The van der Waals surface area contributed by atoms with E-state index in [1.165, 1.54) is 0 Å². The van der Waals surface area contributed by atoms with Crippen LogP contribution in [0.5, 0.6) is 0 Å². The first-order valence-electron chi connectivity index (χ1n) is 6.71. The molecule has 1 atom stereocenters. The number of aldehydes is 1. The first-order chi connectivity index (χ1) is 8.87. The molecule has 0 aliphatic rings. The molecule has 1 unspecified atom stereocenters. The second kappa shape index (κ2) is 8.56. The summed E-state index contributed by atoms with van der Waals surface area (Å²) in [5.74, 6) is 0.452. The van der Waals surface area contributed by atoms with Crippen molar-refractivity contribution in [2.45, 2.75) is 40.2 Å². The zero-order chi connectivity index (χ0) is 15.0. The fraction of sp³-hybridized carbons (Fsp3) is 0.714. The van der Waals surface area contributed by atoms with E-state index in [9.17, 15) is 9.59 Å². The van der Waals surface area contributed by atoms with E-state index in [1.807, 2.05) is 13.8 Å². The highest BCUT2D eigenvalue weighted by Crippen LogP contribution is 2.14. The molecule has 3 N–H and O–H groups in total. The summed E-state index contributed by atoms with van der Waals surface area (Å²) in [6.45, 7) is 8.09. The highest BCUT2D eigenvalue weighted by Gasteiger charge is 2.23. The van der Waals surface area contributed by atoms with Gasteiger partial charge in [0.15, 0.2) is 6.29 Å². The van der Waals surface area contributed by atoms with Gasteiger partial charge in [0.2, 0.25) is 5.91 Å². The molecule has 19 heavy (non-hydrogen) atoms. The van der Waals surface area contributed by atoms with Crippen molar-refractivity contribution >= 4 is 12.2 Å². The minimum atomic E-state index is -0.345. The van der Waals surface area contributed by atoms with Crippen LogP contribution in [0.4, 0.5) is 0 Å². The van der Waals surface area contributed by atoms with Gasteiger partial charge >= 0.3 is 0 Å². The molecule has 0 aliphatic carbocycles. The largest absolute Gasteiger partial charge is 0.384 e. The van der Waals surface area contributed by atoms with Crippen molar-refractivity contribution in [3.63, 3.8) is 0 Å². The molecule has 0 aromatic rings. The van der Waals surface area contributed by atoms with Gasteiger partial charge in [-0.1, -0.05) is 27.7 Å². The van der Waals surface area contributed by atoms with Gasteiger partial charge in [-0.2, -0.15) is 0 Å². The van der Waals surface area contributed by atoms with Gasteiger partial charge in [-0.05, 0) is 18.3 Å². The maximum atomic E-state index is 11.9. The summed E-state index contributed by atoms with van der Waals surface area (Å²) in [7, 11) is 3.32. The van der Waals surface area contributed by atoms with E-state index in [1.54, 1.807) is 14.1 Å². The first-order valence-corrected chi connectivity index (χ1v) is 6.71. The summed E-state index contributed by atoms with van der Waals surface area (Å²) in [6, 6.07) is -0.345. The van der Waals surface area contributed by atoms with Crippen molar-refractivity contribution in [3.05, 3.63) is 11.4 Å². The molecule has 5 heteroatoms. The van der Waals surface area contributed by atoms with E-state index in [4.69, 9.17) is 0 Å². The standard InChI is InChI=1S/C14H27N3O2/c1-9(2)7-11(12(8-18)15-5)17-13(10(3)4)14(19)16-6/h8-10,13,15,17H,7H2,1-6H3,(H,16,19). The van der Waals surface area contributed by atoms with E-state index >= 15 is 0 Å². The van der Waals surface area contributed by atoms with Gasteiger partial charge in [0.05, 0.1) is 5.70 Å². The van der Waals surface area contributed by atoms with Crippen LogP contribution >= 0.6 is 0 Å². The molecule has 110 valence electrons. The molecule has 0 heterocycles. The van der Waals surface area contributed by atoms with Crippen molar-refractivity contribution in [1.29, 1.82) is 0 Å². The molecule has 0 saturated heterocycles. The van der Waals surface area contributed by atoms with Crippen LogP contribution in [0, 0.1) is 11.8 Å². The molecule has 0 spiro atoms. The van der Waals surface area contributed by atoms with E-state index < -0.39 is 0 Å². The minimum absolute atomic E-state index is 0.0717. The number of nitrogens with one attached hydrogen (secondary N) is 3. The SMILES string of the molecule is CNC(=O)C(NC(CC(C)C)=C(C=O)NC)C(C)C. The second-order valence-electron chi connectivity index (χ2n) is 5.34. The molecule has 0 aliphatic heterocycles. The Morgan fingerprint density at radius 1 is 1.11 bits per heavy atom. The number of carbonyl (C=O) groups excluding carboxylic acids is 2. The average molecular weight is 269 g/mol. The van der Waals surface area contributed by atoms with Crippen LogP contribution in [-0.2, 0) is 9.59 Å². The molecular formula is C14H27N3O2. The smallest absolute Gasteiger partial charge is 0.242 e. The third kappa shape index (κ3) is 5.77. The summed E-state index contributed by atoms with van der Waals surface area (Å²) in [5.41, 5.74) is 1.29. The fourth-order valence-corrected chi connectivity index (χ4v) is 1.81. The highest BCUT2D eigenvalue weighted by molar-refractivity contribution is 5.82. The first kappa shape index (κ1) is 17.5. The molecule has 0 aromatic carbocycles. The molecule has 0 saturated carbocycles. The van der Waals surface area contributed by atoms with Gasteiger partial charge in [0.25, 0.3) is 0 Å². The van der Waals surface area contributed by atoms with Crippen LogP contribution in [0.1, 0.15) is 34.1 Å². The molecule has 0 radical (unpaired) electrons. The Kier molecular flexibility index (Phi) is 7.87. The summed E-state index contributed by atoms with van der Waals surface area (Å²) in [5, 5.41) is 8.73. The van der Waals surface area contributed by atoms with Crippen LogP contribution in [0.2, 0.25) is 0 Å². The quantitative estimate of drug-likeness (QED) is 0.454. The lowest BCUT2D eigenvalue weighted by Crippen LogP contribution is -2.46. The lowest BCUT2D eigenvalue weighted by atomic mass is 10.0. The molecule has 0 aromatic heterocycles. The number of carbonyl (C=O) groups is 2. The monoisotopic (exact) mass is 269 g/mol. The number of hydrogen-bond donors (Lipinski definition) is 3. The molecule has 1 amide bonds. The number of likely N-dealkylation sites (N-methyl/N-ethyl adjacent to an activating group) is 2. The molecule has 0 rings (SSSR count). The summed E-state index contributed by atoms with van der Waals surface area (Å²) in [6.07, 6.45) is 1.50. The van der Waals surface area contributed by atoms with Gasteiger partial charge in [-0.25, -0.2) is 0 Å². The third-order valence-electron chi connectivity index (χ3n) is 2.85. The molecule has 0 fully saturated rings. The maximum Gasteiger partial charge on any atom is 0.242 e. The van der Waals surface area contributed by atoms with Crippen LogP contribution in [-0.4, -0.2) is 32.3 Å². The van der Waals surface area contributed by atoms with Gasteiger partial charge in [-0.15, -0.1) is 0 Å². The predicted octanol–water partition coefficient (Wildman–Crippen LogP) is 1.02. The van der Waals surface area contributed by atoms with Gasteiger partial charge in [-0.3, -0.25) is 9.59 Å². The van der Waals surface area contributed by atoms with Crippen molar-refractivity contribution in [2.75, 3.05) is 14.1 Å². The Bertz CT molecular complexity index is 336.